The van der Waals surface area contributed by atoms with Crippen LogP contribution in [0.5, 0.6) is 0 Å². The van der Waals surface area contributed by atoms with Gasteiger partial charge in [0.25, 0.3) is 11.5 Å². The van der Waals surface area contributed by atoms with E-state index in [9.17, 15) is 9.59 Å². The van der Waals surface area contributed by atoms with Crippen LogP contribution in [0, 0.1) is 6.92 Å². The van der Waals surface area contributed by atoms with Crippen LogP contribution >= 0.6 is 0 Å². The summed E-state index contributed by atoms with van der Waals surface area (Å²) >= 11 is 0. The van der Waals surface area contributed by atoms with E-state index < -0.39 is 5.56 Å². The maximum Gasteiger partial charge on any atom is 0.264 e. The predicted octanol–water partition coefficient (Wildman–Crippen LogP) is 2.69. The number of carbonyl (C=O) groups excluding carboxylic acids is 1. The summed E-state index contributed by atoms with van der Waals surface area (Å²) in [6, 6.07) is 8.35. The first-order valence-electron chi connectivity index (χ1n) is 9.58. The first-order valence-corrected chi connectivity index (χ1v) is 9.58. The molecule has 0 radical (unpaired) electrons. The van der Waals surface area contributed by atoms with E-state index >= 15 is 0 Å². The summed E-state index contributed by atoms with van der Waals surface area (Å²) in [6.07, 6.45) is 6.43. The summed E-state index contributed by atoms with van der Waals surface area (Å²) < 4.78 is 0. The molecule has 0 saturated heterocycles. The second-order valence-corrected chi connectivity index (χ2v) is 7.49. The Balaban J connectivity index is 1.65. The van der Waals surface area contributed by atoms with Crippen LogP contribution in [0.15, 0.2) is 35.3 Å². The highest BCUT2D eigenvalue weighted by Crippen LogP contribution is 2.22. The van der Waals surface area contributed by atoms with E-state index in [1.165, 1.54) is 31.9 Å². The zero-order valence-corrected chi connectivity index (χ0v) is 16.4. The number of aromatic nitrogens is 2. The van der Waals surface area contributed by atoms with Crippen LogP contribution < -0.4 is 5.56 Å². The molecule has 1 heterocycles. The van der Waals surface area contributed by atoms with Crippen molar-refractivity contribution in [3.63, 3.8) is 0 Å². The topological polar surface area (TPSA) is 69.3 Å². The molecule has 0 aliphatic heterocycles. The van der Waals surface area contributed by atoms with Crippen molar-refractivity contribution in [1.29, 1.82) is 0 Å². The van der Waals surface area contributed by atoms with Crippen LogP contribution in [0.2, 0.25) is 0 Å². The Kier molecular flexibility index (Phi) is 6.06. The van der Waals surface area contributed by atoms with E-state index in [2.05, 4.69) is 21.9 Å². The molecule has 144 valence electrons. The zero-order valence-electron chi connectivity index (χ0n) is 16.4. The second-order valence-electron chi connectivity index (χ2n) is 7.49. The number of amides is 1. The number of aryl methyl sites for hydroxylation is 1. The molecule has 0 spiro atoms. The van der Waals surface area contributed by atoms with Gasteiger partial charge in [-0.05, 0) is 26.8 Å². The number of benzene rings is 1. The van der Waals surface area contributed by atoms with Gasteiger partial charge in [-0.25, -0.2) is 4.98 Å². The van der Waals surface area contributed by atoms with Gasteiger partial charge in [-0.1, -0.05) is 42.7 Å². The van der Waals surface area contributed by atoms with E-state index in [0.29, 0.717) is 18.4 Å². The maximum absolute atomic E-state index is 12.6. The molecule has 1 saturated carbocycles. The smallest absolute Gasteiger partial charge is 0.264 e. The second kappa shape index (κ2) is 8.48. The lowest BCUT2D eigenvalue weighted by Gasteiger charge is -2.26. The van der Waals surface area contributed by atoms with Crippen molar-refractivity contribution in [2.75, 3.05) is 27.2 Å². The summed E-state index contributed by atoms with van der Waals surface area (Å²) in [5.41, 5.74) is 1.64. The highest BCUT2D eigenvalue weighted by Gasteiger charge is 2.21. The molecular formula is C21H28N4O2. The zero-order chi connectivity index (χ0) is 19.4. The molecule has 1 aromatic heterocycles. The first-order chi connectivity index (χ1) is 13.0. The molecule has 0 bridgehead atoms. The third-order valence-electron chi connectivity index (χ3n) is 5.44. The summed E-state index contributed by atoms with van der Waals surface area (Å²) in [4.78, 5) is 36.0. The van der Waals surface area contributed by atoms with Gasteiger partial charge in [0, 0.05) is 37.9 Å². The fourth-order valence-electron chi connectivity index (χ4n) is 3.55. The molecule has 6 nitrogen and oxygen atoms in total. The molecule has 1 aliphatic carbocycles. The normalized spacial score (nSPS) is 14.7. The fraction of sp³-hybridized carbons (Fsp3) is 0.476. The van der Waals surface area contributed by atoms with Crippen molar-refractivity contribution in [1.82, 2.24) is 19.8 Å². The molecule has 1 amide bonds. The van der Waals surface area contributed by atoms with Crippen LogP contribution in [-0.4, -0.2) is 58.9 Å². The number of rotatable bonds is 6. The Hall–Kier alpha value is -2.47. The van der Waals surface area contributed by atoms with Crippen LogP contribution in [0.4, 0.5) is 0 Å². The van der Waals surface area contributed by atoms with E-state index in [0.717, 1.165) is 17.7 Å². The number of H-pyrrole nitrogens is 1. The van der Waals surface area contributed by atoms with Crippen molar-refractivity contribution < 1.29 is 4.79 Å². The average molecular weight is 368 g/mol. The molecule has 27 heavy (non-hydrogen) atoms. The van der Waals surface area contributed by atoms with Crippen LogP contribution in [-0.2, 0) is 0 Å². The van der Waals surface area contributed by atoms with E-state index in [4.69, 9.17) is 0 Å². The fourth-order valence-corrected chi connectivity index (χ4v) is 3.55. The first kappa shape index (κ1) is 19.3. The number of hydrogen-bond acceptors (Lipinski definition) is 4. The van der Waals surface area contributed by atoms with Gasteiger partial charge in [0.15, 0.2) is 0 Å². The van der Waals surface area contributed by atoms with E-state index in [1.54, 1.807) is 11.9 Å². The van der Waals surface area contributed by atoms with Crippen molar-refractivity contribution in [3.05, 3.63) is 51.9 Å². The quantitative estimate of drug-likeness (QED) is 0.851. The summed E-state index contributed by atoms with van der Waals surface area (Å²) in [5.74, 6) is 0.180. The molecule has 0 unspecified atom stereocenters. The largest absolute Gasteiger partial charge is 0.340 e. The molecule has 1 aliphatic rings. The lowest BCUT2D eigenvalue weighted by atomic mass is 10.1. The Morgan fingerprint density at radius 3 is 2.44 bits per heavy atom. The highest BCUT2D eigenvalue weighted by molar-refractivity contribution is 5.93. The molecule has 1 fully saturated rings. The number of aromatic amines is 1. The SMILES string of the molecule is Cc1ccc(-c2ncc(C(=O)N(C)CCN(C)C3CCCC3)c(=O)[nH]2)cc1. The van der Waals surface area contributed by atoms with E-state index in [-0.39, 0.29) is 11.5 Å². The number of hydrogen-bond donors (Lipinski definition) is 1. The highest BCUT2D eigenvalue weighted by atomic mass is 16.2. The minimum absolute atomic E-state index is 0.0804. The lowest BCUT2D eigenvalue weighted by Crippen LogP contribution is -2.39. The van der Waals surface area contributed by atoms with Gasteiger partial charge in [0.1, 0.15) is 11.4 Å². The van der Waals surface area contributed by atoms with Crippen LogP contribution in [0.3, 0.4) is 0 Å². The molecule has 0 atom stereocenters. The minimum Gasteiger partial charge on any atom is -0.340 e. The number of likely N-dealkylation sites (N-methyl/N-ethyl adjacent to an activating group) is 2. The molecule has 3 rings (SSSR count). The summed E-state index contributed by atoms with van der Waals surface area (Å²) in [6.45, 7) is 3.40. The lowest BCUT2D eigenvalue weighted by molar-refractivity contribution is 0.0772. The third kappa shape index (κ3) is 4.63. The Bertz CT molecular complexity index is 838. The van der Waals surface area contributed by atoms with Gasteiger partial charge in [-0.3, -0.25) is 9.59 Å². The number of carbonyl (C=O) groups is 1. The van der Waals surface area contributed by atoms with Crippen LogP contribution in [0.25, 0.3) is 11.4 Å². The van der Waals surface area contributed by atoms with Gasteiger partial charge in [0.2, 0.25) is 0 Å². The Morgan fingerprint density at radius 2 is 1.81 bits per heavy atom. The number of nitrogens with zero attached hydrogens (tertiary/aromatic N) is 3. The summed E-state index contributed by atoms with van der Waals surface area (Å²) in [7, 11) is 3.84. The maximum atomic E-state index is 12.6. The van der Waals surface area contributed by atoms with Crippen molar-refractivity contribution in [2.45, 2.75) is 38.6 Å². The van der Waals surface area contributed by atoms with Crippen molar-refractivity contribution in [3.8, 4) is 11.4 Å². The van der Waals surface area contributed by atoms with Gasteiger partial charge in [-0.2, -0.15) is 0 Å². The molecule has 1 aromatic carbocycles. The monoisotopic (exact) mass is 368 g/mol. The molecular weight excluding hydrogens is 340 g/mol. The van der Waals surface area contributed by atoms with Crippen molar-refractivity contribution >= 4 is 5.91 Å². The molecule has 1 N–H and O–H groups in total. The average Bonchev–Trinajstić information content (AvgIpc) is 3.20. The molecule has 2 aromatic rings. The van der Waals surface area contributed by atoms with E-state index in [1.807, 2.05) is 31.2 Å². The van der Waals surface area contributed by atoms with Gasteiger partial charge in [-0.15, -0.1) is 0 Å². The van der Waals surface area contributed by atoms with Crippen molar-refractivity contribution in [2.24, 2.45) is 0 Å². The molecule has 6 heteroatoms. The van der Waals surface area contributed by atoms with Crippen LogP contribution in [0.1, 0.15) is 41.6 Å². The summed E-state index contributed by atoms with van der Waals surface area (Å²) in [5, 5.41) is 0. The van der Waals surface area contributed by atoms with Gasteiger partial charge >= 0.3 is 0 Å². The predicted molar refractivity (Wildman–Crippen MR) is 107 cm³/mol. The van der Waals surface area contributed by atoms with Gasteiger partial charge in [0.05, 0.1) is 0 Å². The standard InChI is InChI=1S/C21H28N4O2/c1-15-8-10-16(11-9-15)19-22-14-18(20(26)23-19)21(27)25(3)13-12-24(2)17-6-4-5-7-17/h8-11,14,17H,4-7,12-13H2,1-3H3,(H,22,23,26). The Morgan fingerprint density at radius 1 is 1.15 bits per heavy atom. The third-order valence-corrected chi connectivity index (χ3v) is 5.44. The minimum atomic E-state index is -0.401. The number of nitrogens with one attached hydrogen (secondary N) is 1. The Labute approximate surface area is 160 Å². The van der Waals surface area contributed by atoms with Gasteiger partial charge < -0.3 is 14.8 Å².